The molecule has 2 rings (SSSR count). The number of halogens is 1. The fourth-order valence-corrected chi connectivity index (χ4v) is 1.73. The predicted molar refractivity (Wildman–Crippen MR) is 71.2 cm³/mol. The summed E-state index contributed by atoms with van der Waals surface area (Å²) in [6.45, 7) is 2.46. The summed E-state index contributed by atoms with van der Waals surface area (Å²) in [6, 6.07) is 10.9. The standard InChI is InChI=1S/C15H15FN2O/c1-2-11-5-7-12(8-6-11)10-18-15(19)13-4-3-9-17-14(13)16/h3-9H,2,10H2,1H3,(H,18,19). The van der Waals surface area contributed by atoms with Crippen molar-refractivity contribution in [3.63, 3.8) is 0 Å². The van der Waals surface area contributed by atoms with E-state index < -0.39 is 11.9 Å². The molecule has 0 saturated carbocycles. The van der Waals surface area contributed by atoms with Crippen LogP contribution in [0.5, 0.6) is 0 Å². The number of aryl methyl sites for hydroxylation is 1. The van der Waals surface area contributed by atoms with Crippen molar-refractivity contribution in [2.45, 2.75) is 19.9 Å². The number of hydrogen-bond acceptors (Lipinski definition) is 2. The monoisotopic (exact) mass is 258 g/mol. The molecule has 0 atom stereocenters. The molecule has 3 nitrogen and oxygen atoms in total. The molecular weight excluding hydrogens is 243 g/mol. The van der Waals surface area contributed by atoms with Gasteiger partial charge in [-0.05, 0) is 29.7 Å². The highest BCUT2D eigenvalue weighted by Crippen LogP contribution is 2.06. The molecule has 1 aromatic heterocycles. The van der Waals surface area contributed by atoms with E-state index in [1.807, 2.05) is 24.3 Å². The van der Waals surface area contributed by atoms with E-state index in [2.05, 4.69) is 17.2 Å². The lowest BCUT2D eigenvalue weighted by Gasteiger charge is -2.06. The second kappa shape index (κ2) is 6.09. The van der Waals surface area contributed by atoms with E-state index in [-0.39, 0.29) is 5.56 Å². The summed E-state index contributed by atoms with van der Waals surface area (Å²) in [5, 5.41) is 2.67. The molecule has 0 spiro atoms. The minimum absolute atomic E-state index is 0.0346. The van der Waals surface area contributed by atoms with Crippen LogP contribution >= 0.6 is 0 Å². The van der Waals surface area contributed by atoms with Crippen LogP contribution in [0.25, 0.3) is 0 Å². The Kier molecular flexibility index (Phi) is 4.23. The van der Waals surface area contributed by atoms with E-state index in [1.54, 1.807) is 0 Å². The summed E-state index contributed by atoms with van der Waals surface area (Å²) in [5.41, 5.74) is 2.19. The molecule has 19 heavy (non-hydrogen) atoms. The minimum atomic E-state index is -0.749. The smallest absolute Gasteiger partial charge is 0.256 e. The van der Waals surface area contributed by atoms with Gasteiger partial charge in [0.05, 0.1) is 5.56 Å². The zero-order valence-electron chi connectivity index (χ0n) is 10.7. The molecule has 0 aliphatic heterocycles. The molecule has 0 bridgehead atoms. The van der Waals surface area contributed by atoms with Crippen molar-refractivity contribution in [3.8, 4) is 0 Å². The van der Waals surface area contributed by atoms with Gasteiger partial charge in [-0.25, -0.2) is 4.98 Å². The molecular formula is C15H15FN2O. The number of carbonyl (C=O) groups excluding carboxylic acids is 1. The second-order valence-electron chi connectivity index (χ2n) is 4.19. The van der Waals surface area contributed by atoms with E-state index >= 15 is 0 Å². The molecule has 4 heteroatoms. The van der Waals surface area contributed by atoms with Crippen LogP contribution in [-0.4, -0.2) is 10.9 Å². The van der Waals surface area contributed by atoms with Crippen LogP contribution < -0.4 is 5.32 Å². The van der Waals surface area contributed by atoms with Crippen molar-refractivity contribution in [2.24, 2.45) is 0 Å². The first-order valence-electron chi connectivity index (χ1n) is 6.17. The number of amides is 1. The maximum atomic E-state index is 13.3. The number of nitrogens with zero attached hydrogens (tertiary/aromatic N) is 1. The summed E-state index contributed by atoms with van der Waals surface area (Å²) in [7, 11) is 0. The largest absolute Gasteiger partial charge is 0.348 e. The first-order valence-corrected chi connectivity index (χ1v) is 6.17. The van der Waals surface area contributed by atoms with Crippen molar-refractivity contribution < 1.29 is 9.18 Å². The molecule has 1 N–H and O–H groups in total. The molecule has 0 unspecified atom stereocenters. The summed E-state index contributed by atoms with van der Waals surface area (Å²) in [4.78, 5) is 15.2. The Bertz CT molecular complexity index is 567. The molecule has 0 saturated heterocycles. The first-order chi connectivity index (χ1) is 9.20. The average molecular weight is 258 g/mol. The Hall–Kier alpha value is -2.23. The average Bonchev–Trinajstić information content (AvgIpc) is 2.46. The molecule has 1 aromatic carbocycles. The topological polar surface area (TPSA) is 42.0 Å². The van der Waals surface area contributed by atoms with Gasteiger partial charge in [0.2, 0.25) is 5.95 Å². The lowest BCUT2D eigenvalue weighted by molar-refractivity contribution is 0.0946. The molecule has 1 heterocycles. The fourth-order valence-electron chi connectivity index (χ4n) is 1.73. The molecule has 98 valence electrons. The molecule has 0 aliphatic rings. The van der Waals surface area contributed by atoms with E-state index in [1.165, 1.54) is 23.9 Å². The summed E-state index contributed by atoms with van der Waals surface area (Å²) < 4.78 is 13.3. The van der Waals surface area contributed by atoms with Crippen LogP contribution in [0.15, 0.2) is 42.6 Å². The van der Waals surface area contributed by atoms with Gasteiger partial charge in [-0.1, -0.05) is 31.2 Å². The highest BCUT2D eigenvalue weighted by molar-refractivity contribution is 5.94. The first kappa shape index (κ1) is 13.2. The maximum Gasteiger partial charge on any atom is 0.256 e. The van der Waals surface area contributed by atoms with E-state index in [0.717, 1.165) is 12.0 Å². The number of nitrogens with one attached hydrogen (secondary N) is 1. The number of benzene rings is 1. The number of carbonyl (C=O) groups is 1. The van der Waals surface area contributed by atoms with Crippen molar-refractivity contribution in [1.82, 2.24) is 10.3 Å². The number of pyridine rings is 1. The molecule has 2 aromatic rings. The summed E-state index contributed by atoms with van der Waals surface area (Å²) in [5.74, 6) is -1.20. The summed E-state index contributed by atoms with van der Waals surface area (Å²) >= 11 is 0. The fraction of sp³-hybridized carbons (Fsp3) is 0.200. The maximum absolute atomic E-state index is 13.3. The Labute approximate surface area is 111 Å². The quantitative estimate of drug-likeness (QED) is 0.857. The van der Waals surface area contributed by atoms with Gasteiger partial charge in [0, 0.05) is 12.7 Å². The number of rotatable bonds is 4. The van der Waals surface area contributed by atoms with E-state index in [4.69, 9.17) is 0 Å². The third kappa shape index (κ3) is 3.37. The van der Waals surface area contributed by atoms with E-state index in [0.29, 0.717) is 6.54 Å². The highest BCUT2D eigenvalue weighted by atomic mass is 19.1. The van der Waals surface area contributed by atoms with Gasteiger partial charge in [-0.3, -0.25) is 4.79 Å². The van der Waals surface area contributed by atoms with Gasteiger partial charge in [0.25, 0.3) is 5.91 Å². The Morgan fingerprint density at radius 3 is 2.53 bits per heavy atom. The van der Waals surface area contributed by atoms with Crippen molar-refractivity contribution in [1.29, 1.82) is 0 Å². The van der Waals surface area contributed by atoms with Crippen molar-refractivity contribution in [3.05, 3.63) is 65.2 Å². The third-order valence-corrected chi connectivity index (χ3v) is 2.89. The lowest BCUT2D eigenvalue weighted by atomic mass is 10.1. The molecule has 0 radical (unpaired) electrons. The van der Waals surface area contributed by atoms with Crippen LogP contribution in [0.3, 0.4) is 0 Å². The summed E-state index contributed by atoms with van der Waals surface area (Å²) in [6.07, 6.45) is 2.29. The van der Waals surface area contributed by atoms with Gasteiger partial charge in [0.15, 0.2) is 0 Å². The Balaban J connectivity index is 1.98. The normalized spacial score (nSPS) is 10.2. The lowest BCUT2D eigenvalue weighted by Crippen LogP contribution is -2.24. The third-order valence-electron chi connectivity index (χ3n) is 2.89. The van der Waals surface area contributed by atoms with Crippen LogP contribution in [0, 0.1) is 5.95 Å². The Morgan fingerprint density at radius 2 is 1.89 bits per heavy atom. The second-order valence-corrected chi connectivity index (χ2v) is 4.19. The van der Waals surface area contributed by atoms with Gasteiger partial charge in [0.1, 0.15) is 0 Å². The zero-order chi connectivity index (χ0) is 13.7. The minimum Gasteiger partial charge on any atom is -0.348 e. The van der Waals surface area contributed by atoms with Gasteiger partial charge in [-0.15, -0.1) is 0 Å². The van der Waals surface area contributed by atoms with Crippen LogP contribution in [-0.2, 0) is 13.0 Å². The Morgan fingerprint density at radius 1 is 1.21 bits per heavy atom. The number of aromatic nitrogens is 1. The van der Waals surface area contributed by atoms with Gasteiger partial charge >= 0.3 is 0 Å². The van der Waals surface area contributed by atoms with Crippen molar-refractivity contribution in [2.75, 3.05) is 0 Å². The van der Waals surface area contributed by atoms with Gasteiger partial charge in [-0.2, -0.15) is 4.39 Å². The SMILES string of the molecule is CCc1ccc(CNC(=O)c2cccnc2F)cc1. The van der Waals surface area contributed by atoms with Crippen LogP contribution in [0.1, 0.15) is 28.4 Å². The molecule has 0 fully saturated rings. The van der Waals surface area contributed by atoms with E-state index in [9.17, 15) is 9.18 Å². The van der Waals surface area contributed by atoms with Crippen LogP contribution in [0.2, 0.25) is 0 Å². The predicted octanol–water partition coefficient (Wildman–Crippen LogP) is 2.71. The molecule has 0 aliphatic carbocycles. The van der Waals surface area contributed by atoms with Crippen LogP contribution in [0.4, 0.5) is 4.39 Å². The highest BCUT2D eigenvalue weighted by Gasteiger charge is 2.11. The zero-order valence-corrected chi connectivity index (χ0v) is 10.7. The molecule has 1 amide bonds. The van der Waals surface area contributed by atoms with Crippen molar-refractivity contribution >= 4 is 5.91 Å². The van der Waals surface area contributed by atoms with Gasteiger partial charge < -0.3 is 5.32 Å². The number of hydrogen-bond donors (Lipinski definition) is 1.